The number of carbonyl (C=O) groups excluding carboxylic acids is 1. The second-order valence-corrected chi connectivity index (χ2v) is 7.86. The van der Waals surface area contributed by atoms with Gasteiger partial charge in [-0.05, 0) is 46.5 Å². The standard InChI is InChI=1S/C29H26O3/c1-21(23-9-5-3-6-10-23)25-13-17-27(18-14-25)31-29(30)32-28-19-15-26(16-20-28)22(2)24-11-7-4-8-12-24/h3-22H,1-2H3/t21-,22-/m1/s1. The Labute approximate surface area is 189 Å². The first kappa shape index (κ1) is 21.4. The molecule has 0 aliphatic heterocycles. The second kappa shape index (κ2) is 9.97. The van der Waals surface area contributed by atoms with Crippen molar-refractivity contribution < 1.29 is 14.3 Å². The summed E-state index contributed by atoms with van der Waals surface area (Å²) in [5, 5.41) is 0. The first-order valence-electron chi connectivity index (χ1n) is 10.8. The van der Waals surface area contributed by atoms with Crippen LogP contribution in [-0.2, 0) is 0 Å². The Morgan fingerprint density at radius 2 is 0.812 bits per heavy atom. The molecule has 0 bridgehead atoms. The lowest BCUT2D eigenvalue weighted by Crippen LogP contribution is -2.13. The Balaban J connectivity index is 1.34. The van der Waals surface area contributed by atoms with E-state index in [4.69, 9.17) is 9.47 Å². The molecule has 32 heavy (non-hydrogen) atoms. The molecule has 0 aromatic heterocycles. The van der Waals surface area contributed by atoms with Crippen LogP contribution in [0.2, 0.25) is 0 Å². The molecule has 0 aliphatic carbocycles. The average molecular weight is 423 g/mol. The molecule has 4 rings (SSSR count). The zero-order chi connectivity index (χ0) is 22.3. The Bertz CT molecular complexity index is 1040. The summed E-state index contributed by atoms with van der Waals surface area (Å²) in [7, 11) is 0. The van der Waals surface area contributed by atoms with Gasteiger partial charge in [-0.1, -0.05) is 98.8 Å². The van der Waals surface area contributed by atoms with Gasteiger partial charge in [0.25, 0.3) is 0 Å². The maximum Gasteiger partial charge on any atom is 0.519 e. The van der Waals surface area contributed by atoms with Gasteiger partial charge in [-0.3, -0.25) is 0 Å². The minimum Gasteiger partial charge on any atom is -0.395 e. The number of benzene rings is 4. The van der Waals surface area contributed by atoms with E-state index in [-0.39, 0.29) is 11.8 Å². The van der Waals surface area contributed by atoms with Crippen LogP contribution in [0.5, 0.6) is 11.5 Å². The summed E-state index contributed by atoms with van der Waals surface area (Å²) in [6, 6.07) is 35.7. The summed E-state index contributed by atoms with van der Waals surface area (Å²) in [4.78, 5) is 12.2. The molecule has 0 amide bonds. The summed E-state index contributed by atoms with van der Waals surface area (Å²) in [6.45, 7) is 4.31. The fourth-order valence-electron chi connectivity index (χ4n) is 3.73. The zero-order valence-electron chi connectivity index (χ0n) is 18.3. The van der Waals surface area contributed by atoms with Crippen LogP contribution in [0.15, 0.2) is 109 Å². The van der Waals surface area contributed by atoms with E-state index in [0.29, 0.717) is 11.5 Å². The molecule has 0 spiro atoms. The lowest BCUT2D eigenvalue weighted by molar-refractivity contribution is 0.152. The molecule has 0 aliphatic rings. The fraction of sp³-hybridized carbons (Fsp3) is 0.138. The number of ether oxygens (including phenoxy) is 2. The average Bonchev–Trinajstić information content (AvgIpc) is 2.85. The van der Waals surface area contributed by atoms with Crippen LogP contribution in [-0.4, -0.2) is 6.16 Å². The summed E-state index contributed by atoms with van der Waals surface area (Å²) >= 11 is 0. The lowest BCUT2D eigenvalue weighted by Gasteiger charge is -2.14. The van der Waals surface area contributed by atoms with Gasteiger partial charge in [-0.25, -0.2) is 4.79 Å². The first-order valence-corrected chi connectivity index (χ1v) is 10.8. The van der Waals surface area contributed by atoms with Gasteiger partial charge in [0, 0.05) is 11.8 Å². The molecule has 0 fully saturated rings. The van der Waals surface area contributed by atoms with Gasteiger partial charge in [-0.2, -0.15) is 0 Å². The van der Waals surface area contributed by atoms with Crippen molar-refractivity contribution in [3.8, 4) is 11.5 Å². The van der Waals surface area contributed by atoms with Gasteiger partial charge in [0.1, 0.15) is 11.5 Å². The topological polar surface area (TPSA) is 35.5 Å². The number of carbonyl (C=O) groups is 1. The number of hydrogen-bond acceptors (Lipinski definition) is 3. The Hall–Kier alpha value is -3.85. The van der Waals surface area contributed by atoms with Crippen molar-refractivity contribution in [2.24, 2.45) is 0 Å². The molecule has 0 radical (unpaired) electrons. The fourth-order valence-corrected chi connectivity index (χ4v) is 3.73. The maximum atomic E-state index is 12.2. The molecule has 3 nitrogen and oxygen atoms in total. The van der Waals surface area contributed by atoms with E-state index in [1.807, 2.05) is 60.7 Å². The van der Waals surface area contributed by atoms with Crippen molar-refractivity contribution in [2.75, 3.05) is 0 Å². The first-order chi connectivity index (χ1) is 15.6. The molecular weight excluding hydrogens is 396 g/mol. The molecule has 0 saturated heterocycles. The lowest BCUT2D eigenvalue weighted by atomic mass is 9.93. The molecule has 160 valence electrons. The van der Waals surface area contributed by atoms with Crippen molar-refractivity contribution in [1.82, 2.24) is 0 Å². The highest BCUT2D eigenvalue weighted by atomic mass is 16.7. The van der Waals surface area contributed by atoms with Gasteiger partial charge < -0.3 is 9.47 Å². The molecular formula is C29H26O3. The summed E-state index contributed by atoms with van der Waals surface area (Å²) in [5.41, 5.74) is 4.79. The van der Waals surface area contributed by atoms with Crippen LogP contribution in [0.25, 0.3) is 0 Å². The Kier molecular flexibility index (Phi) is 6.66. The number of hydrogen-bond donors (Lipinski definition) is 0. The van der Waals surface area contributed by atoms with Gasteiger partial charge in [0.15, 0.2) is 0 Å². The SMILES string of the molecule is C[C@H](c1ccccc1)c1ccc(OC(=O)Oc2ccc([C@H](C)c3ccccc3)cc2)cc1. The van der Waals surface area contributed by atoms with E-state index in [9.17, 15) is 4.79 Å². The van der Waals surface area contributed by atoms with Crippen molar-refractivity contribution in [3.63, 3.8) is 0 Å². The minimum atomic E-state index is -0.752. The van der Waals surface area contributed by atoms with E-state index in [0.717, 1.165) is 11.1 Å². The summed E-state index contributed by atoms with van der Waals surface area (Å²) in [6.07, 6.45) is -0.752. The van der Waals surface area contributed by atoms with Gasteiger partial charge >= 0.3 is 6.16 Å². The van der Waals surface area contributed by atoms with Crippen molar-refractivity contribution in [3.05, 3.63) is 131 Å². The Morgan fingerprint density at radius 3 is 1.16 bits per heavy atom. The number of rotatable bonds is 6. The van der Waals surface area contributed by atoms with Crippen molar-refractivity contribution in [1.29, 1.82) is 0 Å². The summed E-state index contributed by atoms with van der Waals surface area (Å²) < 4.78 is 10.7. The smallest absolute Gasteiger partial charge is 0.395 e. The van der Waals surface area contributed by atoms with Crippen LogP contribution in [0.3, 0.4) is 0 Å². The quantitative estimate of drug-likeness (QED) is 0.237. The van der Waals surface area contributed by atoms with E-state index in [1.165, 1.54) is 11.1 Å². The predicted molar refractivity (Wildman–Crippen MR) is 127 cm³/mol. The molecule has 0 unspecified atom stereocenters. The highest BCUT2D eigenvalue weighted by molar-refractivity contribution is 5.67. The monoisotopic (exact) mass is 422 g/mol. The van der Waals surface area contributed by atoms with E-state index < -0.39 is 6.16 Å². The Morgan fingerprint density at radius 1 is 0.500 bits per heavy atom. The molecule has 3 heteroatoms. The predicted octanol–water partition coefficient (Wildman–Crippen LogP) is 7.57. The van der Waals surface area contributed by atoms with E-state index in [1.54, 1.807) is 24.3 Å². The highest BCUT2D eigenvalue weighted by Gasteiger charge is 2.12. The third kappa shape index (κ3) is 5.25. The molecule has 0 saturated carbocycles. The van der Waals surface area contributed by atoms with E-state index in [2.05, 4.69) is 38.1 Å². The minimum absolute atomic E-state index is 0.258. The van der Waals surface area contributed by atoms with E-state index >= 15 is 0 Å². The largest absolute Gasteiger partial charge is 0.519 e. The normalized spacial score (nSPS) is 12.6. The molecule has 0 N–H and O–H groups in total. The van der Waals surface area contributed by atoms with Crippen molar-refractivity contribution >= 4 is 6.16 Å². The molecule has 4 aromatic rings. The van der Waals surface area contributed by atoms with Crippen molar-refractivity contribution in [2.45, 2.75) is 25.7 Å². The van der Waals surface area contributed by atoms with Crippen LogP contribution in [0.4, 0.5) is 4.79 Å². The van der Waals surface area contributed by atoms with Gasteiger partial charge in [0.2, 0.25) is 0 Å². The second-order valence-electron chi connectivity index (χ2n) is 7.86. The van der Waals surface area contributed by atoms with Crippen LogP contribution in [0, 0.1) is 0 Å². The van der Waals surface area contributed by atoms with Crippen LogP contribution < -0.4 is 9.47 Å². The molecule has 0 heterocycles. The van der Waals surface area contributed by atoms with Gasteiger partial charge in [0.05, 0.1) is 0 Å². The van der Waals surface area contributed by atoms with Crippen LogP contribution >= 0.6 is 0 Å². The summed E-state index contributed by atoms with van der Waals surface area (Å²) in [5.74, 6) is 1.42. The highest BCUT2D eigenvalue weighted by Crippen LogP contribution is 2.27. The van der Waals surface area contributed by atoms with Crippen LogP contribution in [0.1, 0.15) is 47.9 Å². The molecule has 4 aromatic carbocycles. The zero-order valence-corrected chi connectivity index (χ0v) is 18.3. The molecule has 2 atom stereocenters. The third-order valence-electron chi connectivity index (χ3n) is 5.76. The maximum absolute atomic E-state index is 12.2. The third-order valence-corrected chi connectivity index (χ3v) is 5.76. The van der Waals surface area contributed by atoms with Gasteiger partial charge in [-0.15, -0.1) is 0 Å².